The second kappa shape index (κ2) is 9.66. The van der Waals surface area contributed by atoms with Crippen LogP contribution in [-0.4, -0.2) is 30.0 Å². The summed E-state index contributed by atoms with van der Waals surface area (Å²) in [5.74, 6) is -0.472. The first kappa shape index (κ1) is 18.7. The van der Waals surface area contributed by atoms with Gasteiger partial charge in [0.1, 0.15) is 0 Å². The summed E-state index contributed by atoms with van der Waals surface area (Å²) in [6.07, 6.45) is 0.0369. The van der Waals surface area contributed by atoms with E-state index in [4.69, 9.17) is 23.2 Å². The van der Waals surface area contributed by atoms with E-state index in [1.165, 1.54) is 0 Å². The van der Waals surface area contributed by atoms with E-state index < -0.39 is 6.10 Å². The Morgan fingerprint density at radius 2 is 1.68 bits per heavy atom. The summed E-state index contributed by atoms with van der Waals surface area (Å²) in [6.45, 7) is 2.54. The Balaban J connectivity index is 2.39. The van der Waals surface area contributed by atoms with Crippen molar-refractivity contribution in [1.82, 2.24) is 10.6 Å². The van der Waals surface area contributed by atoms with Crippen molar-refractivity contribution in [3.05, 3.63) is 33.8 Å². The highest BCUT2D eigenvalue weighted by Crippen LogP contribution is 2.29. The number of benzene rings is 1. The molecule has 0 saturated carbocycles. The standard InChI is InChI=1S/C15H20Cl2N2O3/c1-2-8-18-13(21)6-7-14(22)19-9-12(20)15-10(16)4-3-5-11(15)17/h3-5,12,20H,2,6-9H2,1H3,(H,18,21)(H,19,22)/t12-/m0/s1. The molecule has 0 heterocycles. The van der Waals surface area contributed by atoms with Crippen LogP contribution in [-0.2, 0) is 9.59 Å². The van der Waals surface area contributed by atoms with Crippen molar-refractivity contribution in [2.24, 2.45) is 0 Å². The Kier molecular flexibility index (Phi) is 8.24. The molecule has 7 heteroatoms. The molecule has 0 spiro atoms. The number of aliphatic hydroxyl groups is 1. The normalized spacial score (nSPS) is 11.8. The van der Waals surface area contributed by atoms with Crippen LogP contribution in [0.3, 0.4) is 0 Å². The molecule has 0 bridgehead atoms. The molecule has 2 amide bonds. The zero-order valence-corrected chi connectivity index (χ0v) is 13.9. The second-order valence-electron chi connectivity index (χ2n) is 4.81. The number of carbonyl (C=O) groups excluding carboxylic acids is 2. The molecule has 122 valence electrons. The molecular formula is C15H20Cl2N2O3. The molecule has 5 nitrogen and oxygen atoms in total. The molecule has 1 atom stereocenters. The lowest BCUT2D eigenvalue weighted by Gasteiger charge is -2.15. The number of halogens is 2. The lowest BCUT2D eigenvalue weighted by molar-refractivity contribution is -0.126. The van der Waals surface area contributed by atoms with Gasteiger partial charge in [0.05, 0.1) is 6.10 Å². The fraction of sp³-hybridized carbons (Fsp3) is 0.467. The van der Waals surface area contributed by atoms with Crippen molar-refractivity contribution in [3.8, 4) is 0 Å². The van der Waals surface area contributed by atoms with Gasteiger partial charge in [0, 0.05) is 41.5 Å². The Labute approximate surface area is 140 Å². The maximum atomic E-state index is 11.7. The average molecular weight is 347 g/mol. The van der Waals surface area contributed by atoms with Gasteiger partial charge in [-0.3, -0.25) is 9.59 Å². The van der Waals surface area contributed by atoms with E-state index in [1.807, 2.05) is 6.92 Å². The highest BCUT2D eigenvalue weighted by atomic mass is 35.5. The molecule has 0 aliphatic carbocycles. The molecule has 1 aromatic rings. The number of carbonyl (C=O) groups is 2. The lowest BCUT2D eigenvalue weighted by Crippen LogP contribution is -2.30. The third-order valence-electron chi connectivity index (χ3n) is 2.98. The Bertz CT molecular complexity index is 503. The predicted octanol–water partition coefficient (Wildman–Crippen LogP) is 2.45. The van der Waals surface area contributed by atoms with Crippen molar-refractivity contribution in [2.75, 3.05) is 13.1 Å². The van der Waals surface area contributed by atoms with E-state index in [-0.39, 0.29) is 31.2 Å². The number of aliphatic hydroxyl groups excluding tert-OH is 1. The van der Waals surface area contributed by atoms with Crippen LogP contribution in [0.4, 0.5) is 0 Å². The molecule has 3 N–H and O–H groups in total. The first-order valence-corrected chi connectivity index (χ1v) is 7.86. The van der Waals surface area contributed by atoms with Gasteiger partial charge in [-0.05, 0) is 18.6 Å². The summed E-state index contributed by atoms with van der Waals surface area (Å²) in [5.41, 5.74) is 0.381. The number of amides is 2. The number of hydrogen-bond acceptors (Lipinski definition) is 3. The van der Waals surface area contributed by atoms with E-state index >= 15 is 0 Å². The van der Waals surface area contributed by atoms with Gasteiger partial charge in [-0.2, -0.15) is 0 Å². The SMILES string of the molecule is CCCNC(=O)CCC(=O)NC[C@H](O)c1c(Cl)cccc1Cl. The molecular weight excluding hydrogens is 327 g/mol. The van der Waals surface area contributed by atoms with Crippen LogP contribution in [0.5, 0.6) is 0 Å². The van der Waals surface area contributed by atoms with Gasteiger partial charge in [-0.1, -0.05) is 36.2 Å². The largest absolute Gasteiger partial charge is 0.386 e. The quantitative estimate of drug-likeness (QED) is 0.676. The molecule has 0 aliphatic heterocycles. The number of rotatable bonds is 8. The maximum absolute atomic E-state index is 11.7. The van der Waals surface area contributed by atoms with Gasteiger partial charge in [-0.15, -0.1) is 0 Å². The third-order valence-corrected chi connectivity index (χ3v) is 3.64. The molecule has 0 radical (unpaired) electrons. The van der Waals surface area contributed by atoms with Crippen LogP contribution >= 0.6 is 23.2 Å². The van der Waals surface area contributed by atoms with Gasteiger partial charge < -0.3 is 15.7 Å². The molecule has 0 unspecified atom stereocenters. The van der Waals surface area contributed by atoms with Crippen LogP contribution in [0.25, 0.3) is 0 Å². The van der Waals surface area contributed by atoms with E-state index in [2.05, 4.69) is 10.6 Å². The minimum absolute atomic E-state index is 0.0150. The fourth-order valence-corrected chi connectivity index (χ4v) is 2.46. The van der Waals surface area contributed by atoms with E-state index in [9.17, 15) is 14.7 Å². The second-order valence-corrected chi connectivity index (χ2v) is 5.62. The summed E-state index contributed by atoms with van der Waals surface area (Å²) in [6, 6.07) is 4.91. The monoisotopic (exact) mass is 346 g/mol. The topological polar surface area (TPSA) is 78.4 Å². The van der Waals surface area contributed by atoms with Crippen molar-refractivity contribution >= 4 is 35.0 Å². The molecule has 1 rings (SSSR count). The molecule has 0 aliphatic rings. The van der Waals surface area contributed by atoms with Crippen LogP contribution < -0.4 is 10.6 Å². The van der Waals surface area contributed by atoms with E-state index in [0.29, 0.717) is 22.2 Å². The first-order valence-electron chi connectivity index (χ1n) is 7.11. The molecule has 0 saturated heterocycles. The summed E-state index contributed by atoms with van der Waals surface area (Å²) in [4.78, 5) is 23.0. The zero-order valence-electron chi connectivity index (χ0n) is 12.4. The van der Waals surface area contributed by atoms with Gasteiger partial charge in [-0.25, -0.2) is 0 Å². The maximum Gasteiger partial charge on any atom is 0.220 e. The molecule has 1 aromatic carbocycles. The van der Waals surface area contributed by atoms with Crippen molar-refractivity contribution in [2.45, 2.75) is 32.3 Å². The van der Waals surface area contributed by atoms with Crippen LogP contribution in [0, 0.1) is 0 Å². The molecule has 0 fully saturated rings. The Morgan fingerprint density at radius 1 is 1.14 bits per heavy atom. The Hall–Kier alpha value is -1.30. The third kappa shape index (κ3) is 6.22. The zero-order chi connectivity index (χ0) is 16.5. The van der Waals surface area contributed by atoms with Gasteiger partial charge in [0.25, 0.3) is 0 Å². The highest BCUT2D eigenvalue weighted by Gasteiger charge is 2.16. The van der Waals surface area contributed by atoms with Crippen LogP contribution in [0.1, 0.15) is 37.9 Å². The predicted molar refractivity (Wildman–Crippen MR) is 87.0 cm³/mol. The summed E-state index contributed by atoms with van der Waals surface area (Å²) in [5, 5.41) is 16.0. The van der Waals surface area contributed by atoms with Gasteiger partial charge in [0.2, 0.25) is 11.8 Å². The average Bonchev–Trinajstić information content (AvgIpc) is 2.48. The molecule has 22 heavy (non-hydrogen) atoms. The van der Waals surface area contributed by atoms with E-state index in [1.54, 1.807) is 18.2 Å². The number of nitrogens with one attached hydrogen (secondary N) is 2. The molecule has 0 aromatic heterocycles. The Morgan fingerprint density at radius 3 is 2.23 bits per heavy atom. The number of hydrogen-bond donors (Lipinski definition) is 3. The van der Waals surface area contributed by atoms with Crippen molar-refractivity contribution in [1.29, 1.82) is 0 Å². The smallest absolute Gasteiger partial charge is 0.220 e. The highest BCUT2D eigenvalue weighted by molar-refractivity contribution is 6.36. The van der Waals surface area contributed by atoms with Gasteiger partial charge >= 0.3 is 0 Å². The minimum atomic E-state index is -1.00. The fourth-order valence-electron chi connectivity index (χ4n) is 1.81. The van der Waals surface area contributed by atoms with Crippen molar-refractivity contribution < 1.29 is 14.7 Å². The summed E-state index contributed by atoms with van der Waals surface area (Å²) in [7, 11) is 0. The lowest BCUT2D eigenvalue weighted by atomic mass is 10.1. The summed E-state index contributed by atoms with van der Waals surface area (Å²) >= 11 is 12.0. The van der Waals surface area contributed by atoms with Gasteiger partial charge in [0.15, 0.2) is 0 Å². The van der Waals surface area contributed by atoms with E-state index in [0.717, 1.165) is 6.42 Å². The van der Waals surface area contributed by atoms with Crippen LogP contribution in [0.15, 0.2) is 18.2 Å². The van der Waals surface area contributed by atoms with Crippen molar-refractivity contribution in [3.63, 3.8) is 0 Å². The van der Waals surface area contributed by atoms with Crippen LogP contribution in [0.2, 0.25) is 10.0 Å². The minimum Gasteiger partial charge on any atom is -0.386 e. The summed E-state index contributed by atoms with van der Waals surface area (Å²) < 4.78 is 0. The first-order chi connectivity index (χ1) is 10.5.